The van der Waals surface area contributed by atoms with Crippen LogP contribution in [0.25, 0.3) is 5.57 Å². The van der Waals surface area contributed by atoms with Crippen molar-refractivity contribution in [3.63, 3.8) is 0 Å². The molecule has 3 aromatic rings. The minimum atomic E-state index is -1.37. The van der Waals surface area contributed by atoms with E-state index >= 15 is 0 Å². The Hall–Kier alpha value is -5.00. The summed E-state index contributed by atoms with van der Waals surface area (Å²) in [5.41, 5.74) is 4.88. The van der Waals surface area contributed by atoms with Crippen molar-refractivity contribution in [2.45, 2.75) is 63.6 Å². The maximum absolute atomic E-state index is 14.6. The Morgan fingerprint density at radius 1 is 0.898 bits per heavy atom. The zero-order valence-electron chi connectivity index (χ0n) is 27.1. The molecule has 0 unspecified atom stereocenters. The van der Waals surface area contributed by atoms with E-state index in [0.29, 0.717) is 43.0 Å². The molecule has 0 spiro atoms. The normalized spacial score (nSPS) is 18.8. The van der Waals surface area contributed by atoms with Crippen LogP contribution in [0.2, 0.25) is 0 Å². The van der Waals surface area contributed by atoms with Gasteiger partial charge in [-0.1, -0.05) is 48.5 Å². The lowest BCUT2D eigenvalue weighted by Crippen LogP contribution is -2.65. The van der Waals surface area contributed by atoms with E-state index in [1.54, 1.807) is 0 Å². The highest BCUT2D eigenvalue weighted by Crippen LogP contribution is 2.41. The van der Waals surface area contributed by atoms with Gasteiger partial charge >= 0.3 is 12.2 Å². The lowest BCUT2D eigenvalue weighted by atomic mass is 9.81. The molecule has 0 radical (unpaired) electrons. The number of amides is 3. The molecule has 49 heavy (non-hydrogen) atoms. The van der Waals surface area contributed by atoms with Crippen LogP contribution in [0, 0.1) is 24.4 Å². The molecular weight excluding hydrogens is 639 g/mol. The number of piperazine rings is 1. The van der Waals surface area contributed by atoms with E-state index in [4.69, 9.17) is 4.74 Å². The first kappa shape index (κ1) is 33.9. The number of benzene rings is 3. The molecule has 2 heterocycles. The van der Waals surface area contributed by atoms with Crippen molar-refractivity contribution in [3.05, 3.63) is 106 Å². The number of rotatable bonds is 11. The quantitative estimate of drug-likeness (QED) is 0.177. The van der Waals surface area contributed by atoms with Gasteiger partial charge in [0.1, 0.15) is 0 Å². The van der Waals surface area contributed by atoms with E-state index in [9.17, 15) is 37.8 Å². The molecule has 12 heteroatoms. The van der Waals surface area contributed by atoms with Crippen molar-refractivity contribution in [3.8, 4) is 5.75 Å². The standard InChI is InChI=1S/C37H38F3N3O6/c1-22-5-2-3-7-24(22)16-17-42(26-12-13-26)35(44)32-28(19-27-20-41(36(45)46)21-31(32)43(27)37(47)48)25-10-8-23(9-11-25)6-4-18-49-34-30(39)15-14-29(38)33(34)40/h2-3,5,7-11,14-15,26-27,31H,4,6,12-13,16-21H2,1H3,(H,45,46)(H,47,48)/t27-,31-/m1/s1. The molecule has 3 aromatic carbocycles. The predicted octanol–water partition coefficient (Wildman–Crippen LogP) is 6.53. The zero-order valence-corrected chi connectivity index (χ0v) is 27.1. The number of carbonyl (C=O) groups is 3. The van der Waals surface area contributed by atoms with E-state index < -0.39 is 47.5 Å². The van der Waals surface area contributed by atoms with Crippen molar-refractivity contribution in [2.24, 2.45) is 0 Å². The highest BCUT2D eigenvalue weighted by molar-refractivity contribution is 6.04. The van der Waals surface area contributed by atoms with Crippen LogP contribution < -0.4 is 4.74 Å². The second kappa shape index (κ2) is 14.2. The fraction of sp³-hybridized carbons (Fsp3) is 0.378. The first-order chi connectivity index (χ1) is 23.5. The predicted molar refractivity (Wildman–Crippen MR) is 175 cm³/mol. The lowest BCUT2D eigenvalue weighted by molar-refractivity contribution is -0.128. The average Bonchev–Trinajstić information content (AvgIpc) is 3.92. The number of aryl methyl sites for hydroxylation is 2. The van der Waals surface area contributed by atoms with Gasteiger partial charge < -0.3 is 24.7 Å². The largest absolute Gasteiger partial charge is 0.488 e. The molecular formula is C37H38F3N3O6. The van der Waals surface area contributed by atoms with Crippen LogP contribution in [0.15, 0.2) is 66.2 Å². The summed E-state index contributed by atoms with van der Waals surface area (Å²) < 4.78 is 46.5. The summed E-state index contributed by atoms with van der Waals surface area (Å²) in [6.45, 7) is 2.27. The van der Waals surface area contributed by atoms with Crippen LogP contribution in [-0.2, 0) is 17.6 Å². The molecule has 2 fully saturated rings. The number of hydrogen-bond donors (Lipinski definition) is 2. The molecule has 2 bridgehead atoms. The van der Waals surface area contributed by atoms with Crippen molar-refractivity contribution in [1.29, 1.82) is 0 Å². The van der Waals surface area contributed by atoms with Gasteiger partial charge in [0.05, 0.1) is 18.7 Å². The summed E-state index contributed by atoms with van der Waals surface area (Å²) >= 11 is 0. The third kappa shape index (κ3) is 7.23. The maximum Gasteiger partial charge on any atom is 0.408 e. The number of ether oxygens (including phenoxy) is 1. The lowest BCUT2D eigenvalue weighted by Gasteiger charge is -2.49. The smallest absolute Gasteiger partial charge is 0.408 e. The summed E-state index contributed by atoms with van der Waals surface area (Å²) in [7, 11) is 0. The van der Waals surface area contributed by atoms with E-state index in [1.165, 1.54) is 9.80 Å². The zero-order chi connectivity index (χ0) is 34.8. The van der Waals surface area contributed by atoms with E-state index in [1.807, 2.05) is 60.4 Å². The molecule has 1 saturated carbocycles. The number of fused-ring (bicyclic) bond motifs is 2. The van der Waals surface area contributed by atoms with Gasteiger partial charge in [0.2, 0.25) is 5.82 Å². The minimum absolute atomic E-state index is 0.00663. The summed E-state index contributed by atoms with van der Waals surface area (Å²) in [5.74, 6) is -4.57. The molecule has 258 valence electrons. The Bertz CT molecular complexity index is 1780. The van der Waals surface area contributed by atoms with Crippen molar-refractivity contribution in [1.82, 2.24) is 14.7 Å². The molecule has 9 nitrogen and oxygen atoms in total. The van der Waals surface area contributed by atoms with Gasteiger partial charge in [-0.05, 0) is 85.4 Å². The van der Waals surface area contributed by atoms with Gasteiger partial charge in [0.25, 0.3) is 5.91 Å². The molecule has 2 N–H and O–H groups in total. The Kier molecular flexibility index (Phi) is 9.84. The van der Waals surface area contributed by atoms with Gasteiger partial charge in [-0.3, -0.25) is 9.69 Å². The Morgan fingerprint density at radius 2 is 1.61 bits per heavy atom. The molecule has 2 aliphatic heterocycles. The second-order valence-electron chi connectivity index (χ2n) is 12.9. The van der Waals surface area contributed by atoms with Crippen molar-refractivity contribution < 1.29 is 42.5 Å². The van der Waals surface area contributed by atoms with Crippen LogP contribution >= 0.6 is 0 Å². The van der Waals surface area contributed by atoms with Crippen LogP contribution in [0.3, 0.4) is 0 Å². The van der Waals surface area contributed by atoms with Gasteiger partial charge in [-0.15, -0.1) is 0 Å². The highest BCUT2D eigenvalue weighted by atomic mass is 19.2. The molecule has 0 aromatic heterocycles. The molecule has 3 amide bonds. The average molecular weight is 678 g/mol. The topological polar surface area (TPSA) is 111 Å². The van der Waals surface area contributed by atoms with Gasteiger partial charge in [-0.2, -0.15) is 4.39 Å². The third-order valence-electron chi connectivity index (χ3n) is 9.67. The van der Waals surface area contributed by atoms with Crippen LogP contribution in [0.5, 0.6) is 5.75 Å². The van der Waals surface area contributed by atoms with E-state index in [2.05, 4.69) is 0 Å². The van der Waals surface area contributed by atoms with Crippen LogP contribution in [-0.4, -0.2) is 87.4 Å². The Morgan fingerprint density at radius 3 is 2.29 bits per heavy atom. The molecule has 2 atom stereocenters. The fourth-order valence-electron chi connectivity index (χ4n) is 6.98. The van der Waals surface area contributed by atoms with Crippen LogP contribution in [0.4, 0.5) is 22.8 Å². The van der Waals surface area contributed by atoms with Gasteiger partial charge in [0.15, 0.2) is 17.4 Å². The fourth-order valence-corrected chi connectivity index (χ4v) is 6.98. The molecule has 6 rings (SSSR count). The first-order valence-electron chi connectivity index (χ1n) is 16.5. The number of hydrogen-bond acceptors (Lipinski definition) is 4. The summed E-state index contributed by atoms with van der Waals surface area (Å²) in [6.07, 6.45) is 1.01. The summed E-state index contributed by atoms with van der Waals surface area (Å²) in [5, 5.41) is 20.1. The molecule has 3 aliphatic rings. The number of carbonyl (C=O) groups excluding carboxylic acids is 1. The second-order valence-corrected chi connectivity index (χ2v) is 12.9. The molecule has 1 saturated heterocycles. The van der Waals surface area contributed by atoms with Crippen molar-refractivity contribution >= 4 is 23.7 Å². The Labute approximate surface area is 282 Å². The van der Waals surface area contributed by atoms with Crippen LogP contribution in [0.1, 0.15) is 47.9 Å². The first-order valence-corrected chi connectivity index (χ1v) is 16.5. The van der Waals surface area contributed by atoms with E-state index in [0.717, 1.165) is 41.2 Å². The number of halogens is 3. The summed E-state index contributed by atoms with van der Waals surface area (Å²) in [6, 6.07) is 15.3. The third-order valence-corrected chi connectivity index (χ3v) is 9.67. The SMILES string of the molecule is Cc1ccccc1CCN(C(=O)C1=C(c2ccc(CCCOc3c(F)ccc(F)c3F)cc2)C[C@@H]2CN(C(=O)O)C[C@H]1N2C(=O)O)C1CC1. The van der Waals surface area contributed by atoms with Crippen molar-refractivity contribution in [2.75, 3.05) is 26.2 Å². The monoisotopic (exact) mass is 677 g/mol. The van der Waals surface area contributed by atoms with Gasteiger partial charge in [0, 0.05) is 31.2 Å². The molecule has 1 aliphatic carbocycles. The minimum Gasteiger partial charge on any atom is -0.488 e. The van der Waals surface area contributed by atoms with E-state index in [-0.39, 0.29) is 38.1 Å². The number of carboxylic acid groups (broad SMARTS) is 2. The number of nitrogens with zero attached hydrogens (tertiary/aromatic N) is 3. The summed E-state index contributed by atoms with van der Waals surface area (Å²) in [4.78, 5) is 43.6. The maximum atomic E-state index is 14.6. The Balaban J connectivity index is 1.27. The highest BCUT2D eigenvalue weighted by Gasteiger charge is 2.49. The van der Waals surface area contributed by atoms with Gasteiger partial charge in [-0.25, -0.2) is 18.4 Å².